The smallest absolute Gasteiger partial charge is 0.325 e. The molecule has 3 amide bonds. The quantitative estimate of drug-likeness (QED) is 0.564. The van der Waals surface area contributed by atoms with Gasteiger partial charge in [0.05, 0.1) is 18.2 Å². The van der Waals surface area contributed by atoms with Crippen molar-refractivity contribution in [2.75, 3.05) is 20.2 Å². The zero-order valence-electron chi connectivity index (χ0n) is 15.7. The zero-order valence-corrected chi connectivity index (χ0v) is 15.7. The molecule has 0 spiro atoms. The molecule has 0 aliphatic carbocycles. The Kier molecular flexibility index (Phi) is 5.54. The Morgan fingerprint density at radius 3 is 2.11 bits per heavy atom. The van der Waals surface area contributed by atoms with Gasteiger partial charge in [-0.15, -0.1) is 0 Å². The van der Waals surface area contributed by atoms with Crippen LogP contribution in [0.2, 0.25) is 0 Å². The number of methoxy groups -OCH3 is 1. The summed E-state index contributed by atoms with van der Waals surface area (Å²) in [6.45, 7) is 1.37. The van der Waals surface area contributed by atoms with Crippen molar-refractivity contribution >= 4 is 23.7 Å². The number of benzene rings is 2. The van der Waals surface area contributed by atoms with Gasteiger partial charge in [0, 0.05) is 6.54 Å². The van der Waals surface area contributed by atoms with Gasteiger partial charge >= 0.3 is 5.97 Å². The van der Waals surface area contributed by atoms with Crippen LogP contribution in [0.4, 0.5) is 0 Å². The molecular weight excluding hydrogens is 360 g/mol. The maximum absolute atomic E-state index is 12.9. The molecule has 0 atom stereocenters. The van der Waals surface area contributed by atoms with Gasteiger partial charge in [-0.3, -0.25) is 24.1 Å². The fourth-order valence-electron chi connectivity index (χ4n) is 3.06. The highest BCUT2D eigenvalue weighted by Crippen LogP contribution is 2.22. The van der Waals surface area contributed by atoms with E-state index in [4.69, 9.17) is 0 Å². The summed E-state index contributed by atoms with van der Waals surface area (Å²) >= 11 is 0. The summed E-state index contributed by atoms with van der Waals surface area (Å²) in [5, 5.41) is 0. The van der Waals surface area contributed by atoms with Crippen LogP contribution in [-0.4, -0.2) is 53.7 Å². The first-order valence-electron chi connectivity index (χ1n) is 8.76. The number of fused-ring (bicyclic) bond motifs is 1. The van der Waals surface area contributed by atoms with Gasteiger partial charge in [0.2, 0.25) is 5.91 Å². The predicted octanol–water partition coefficient (Wildman–Crippen LogP) is 1.79. The van der Waals surface area contributed by atoms with Crippen LogP contribution in [0.15, 0.2) is 48.5 Å². The average Bonchev–Trinajstić information content (AvgIpc) is 2.94. The Morgan fingerprint density at radius 2 is 1.54 bits per heavy atom. The van der Waals surface area contributed by atoms with Crippen LogP contribution in [0.3, 0.4) is 0 Å². The maximum Gasteiger partial charge on any atom is 0.325 e. The fraction of sp³-hybridized carbons (Fsp3) is 0.238. The van der Waals surface area contributed by atoms with Gasteiger partial charge < -0.3 is 9.64 Å². The van der Waals surface area contributed by atoms with Crippen molar-refractivity contribution in [2.24, 2.45) is 0 Å². The summed E-state index contributed by atoms with van der Waals surface area (Å²) in [6, 6.07) is 13.9. The fourth-order valence-corrected chi connectivity index (χ4v) is 3.06. The van der Waals surface area contributed by atoms with Crippen LogP contribution in [0, 0.1) is 6.92 Å². The second-order valence-electron chi connectivity index (χ2n) is 6.49. The first kappa shape index (κ1) is 19.3. The number of aryl methyl sites for hydroxylation is 1. The van der Waals surface area contributed by atoms with Crippen LogP contribution >= 0.6 is 0 Å². The van der Waals surface area contributed by atoms with Crippen molar-refractivity contribution in [3.63, 3.8) is 0 Å². The van der Waals surface area contributed by atoms with Crippen LogP contribution in [0.1, 0.15) is 31.8 Å². The number of amides is 3. The lowest BCUT2D eigenvalue weighted by Gasteiger charge is -2.24. The van der Waals surface area contributed by atoms with Crippen molar-refractivity contribution in [2.45, 2.75) is 13.5 Å². The minimum atomic E-state index is -0.579. The molecule has 1 heterocycles. The van der Waals surface area contributed by atoms with Gasteiger partial charge in [-0.05, 0) is 30.2 Å². The van der Waals surface area contributed by atoms with E-state index in [2.05, 4.69) is 4.74 Å². The summed E-state index contributed by atoms with van der Waals surface area (Å²) in [5.74, 6) is -2.11. The number of esters is 1. The molecule has 0 bridgehead atoms. The van der Waals surface area contributed by atoms with E-state index in [-0.39, 0.29) is 24.2 Å². The van der Waals surface area contributed by atoms with Crippen molar-refractivity contribution in [1.82, 2.24) is 9.80 Å². The van der Waals surface area contributed by atoms with E-state index >= 15 is 0 Å². The number of ether oxygens (including phenoxy) is 1. The Labute approximate surface area is 162 Å². The van der Waals surface area contributed by atoms with Gasteiger partial charge in [0.15, 0.2) is 0 Å². The number of carbonyl (C=O) groups excluding carboxylic acids is 4. The number of nitrogens with zero attached hydrogens (tertiary/aromatic N) is 2. The third-order valence-corrected chi connectivity index (χ3v) is 4.69. The Bertz CT molecular complexity index is 918. The molecule has 144 valence electrons. The first-order valence-corrected chi connectivity index (χ1v) is 8.76. The maximum atomic E-state index is 12.9. The van der Waals surface area contributed by atoms with Crippen LogP contribution in [0.5, 0.6) is 0 Å². The molecule has 2 aromatic rings. The summed E-state index contributed by atoms with van der Waals surface area (Å²) in [6.07, 6.45) is 0. The number of carbonyl (C=O) groups is 4. The van der Waals surface area contributed by atoms with Gasteiger partial charge in [-0.2, -0.15) is 0 Å². The number of imide groups is 1. The van der Waals surface area contributed by atoms with Gasteiger partial charge in [0.25, 0.3) is 11.8 Å². The minimum absolute atomic E-state index is 0.170. The first-order chi connectivity index (χ1) is 13.4. The van der Waals surface area contributed by atoms with E-state index in [0.29, 0.717) is 0 Å². The largest absolute Gasteiger partial charge is 0.468 e. The summed E-state index contributed by atoms with van der Waals surface area (Å²) in [7, 11) is 1.24. The van der Waals surface area contributed by atoms with Crippen molar-refractivity contribution in [3.8, 4) is 0 Å². The van der Waals surface area contributed by atoms with E-state index in [1.807, 2.05) is 31.2 Å². The van der Waals surface area contributed by atoms with E-state index in [9.17, 15) is 19.2 Å². The molecule has 0 unspecified atom stereocenters. The highest BCUT2D eigenvalue weighted by Gasteiger charge is 2.37. The standard InChI is InChI=1S/C21H20N2O5/c1-14-7-3-4-8-15(14)11-22(13-19(25)28-2)18(24)12-23-20(26)16-9-5-6-10-17(16)21(23)27/h3-10H,11-13H2,1-2H3. The molecular formula is C21H20N2O5. The van der Waals surface area contributed by atoms with Crippen LogP contribution in [-0.2, 0) is 20.9 Å². The lowest BCUT2D eigenvalue weighted by molar-refractivity contribution is -0.147. The Morgan fingerprint density at radius 1 is 0.964 bits per heavy atom. The molecule has 1 aliphatic rings. The van der Waals surface area contributed by atoms with E-state index in [0.717, 1.165) is 16.0 Å². The van der Waals surface area contributed by atoms with E-state index < -0.39 is 30.2 Å². The van der Waals surface area contributed by atoms with E-state index in [1.165, 1.54) is 12.0 Å². The van der Waals surface area contributed by atoms with Crippen molar-refractivity contribution in [3.05, 3.63) is 70.8 Å². The molecule has 3 rings (SSSR count). The monoisotopic (exact) mass is 380 g/mol. The lowest BCUT2D eigenvalue weighted by Crippen LogP contribution is -2.44. The molecule has 0 saturated heterocycles. The molecule has 1 aliphatic heterocycles. The molecule has 0 fully saturated rings. The summed E-state index contributed by atoms with van der Waals surface area (Å²) in [4.78, 5) is 51.9. The predicted molar refractivity (Wildman–Crippen MR) is 100 cm³/mol. The molecule has 28 heavy (non-hydrogen) atoms. The SMILES string of the molecule is COC(=O)CN(Cc1ccccc1C)C(=O)CN1C(=O)c2ccccc2C1=O. The average molecular weight is 380 g/mol. The molecule has 0 aromatic heterocycles. The molecule has 2 aromatic carbocycles. The van der Waals surface area contributed by atoms with Gasteiger partial charge in [-0.1, -0.05) is 36.4 Å². The molecule has 0 radical (unpaired) electrons. The lowest BCUT2D eigenvalue weighted by atomic mass is 10.1. The van der Waals surface area contributed by atoms with E-state index in [1.54, 1.807) is 24.3 Å². The van der Waals surface area contributed by atoms with Crippen molar-refractivity contribution in [1.29, 1.82) is 0 Å². The molecule has 0 saturated carbocycles. The number of hydrogen-bond acceptors (Lipinski definition) is 5. The Hall–Kier alpha value is -3.48. The Balaban J connectivity index is 1.80. The summed E-state index contributed by atoms with van der Waals surface area (Å²) in [5.41, 5.74) is 2.38. The zero-order chi connectivity index (χ0) is 20.3. The van der Waals surface area contributed by atoms with Crippen LogP contribution in [0.25, 0.3) is 0 Å². The minimum Gasteiger partial charge on any atom is -0.468 e. The molecule has 7 heteroatoms. The van der Waals surface area contributed by atoms with Crippen molar-refractivity contribution < 1.29 is 23.9 Å². The summed E-state index contributed by atoms with van der Waals surface area (Å²) < 4.78 is 4.68. The third kappa shape index (κ3) is 3.78. The number of hydrogen-bond donors (Lipinski definition) is 0. The second-order valence-corrected chi connectivity index (χ2v) is 6.49. The third-order valence-electron chi connectivity index (χ3n) is 4.69. The highest BCUT2D eigenvalue weighted by molar-refractivity contribution is 6.22. The highest BCUT2D eigenvalue weighted by atomic mass is 16.5. The molecule has 0 N–H and O–H groups in total. The van der Waals surface area contributed by atoms with Gasteiger partial charge in [-0.25, -0.2) is 0 Å². The normalized spacial score (nSPS) is 12.7. The second kappa shape index (κ2) is 8.04. The van der Waals surface area contributed by atoms with Gasteiger partial charge in [0.1, 0.15) is 13.1 Å². The van der Waals surface area contributed by atoms with Crippen LogP contribution < -0.4 is 0 Å². The topological polar surface area (TPSA) is 84.0 Å². The number of rotatable bonds is 6. The molecule has 7 nitrogen and oxygen atoms in total.